The Kier molecular flexibility index (Phi) is 8.23. The van der Waals surface area contributed by atoms with Crippen LogP contribution in [0.5, 0.6) is 0 Å². The zero-order valence-corrected chi connectivity index (χ0v) is 11.5. The predicted octanol–water partition coefficient (Wildman–Crippen LogP) is 4.17. The van der Waals surface area contributed by atoms with Crippen LogP contribution in [0.25, 0.3) is 0 Å². The Morgan fingerprint density at radius 1 is 1.69 bits per heavy atom. The Bertz CT molecular complexity index is 310. The van der Waals surface area contributed by atoms with Gasteiger partial charge in [0.2, 0.25) is 0 Å². The monoisotopic (exact) mass is 253 g/mol. The first-order valence-electron chi connectivity index (χ1n) is 5.23. The number of hydrogen-bond donors (Lipinski definition) is 2. The second-order valence-electron chi connectivity index (χ2n) is 3.80. The summed E-state index contributed by atoms with van der Waals surface area (Å²) in [6.45, 7) is 9.21. The molecule has 0 heterocycles. The van der Waals surface area contributed by atoms with Crippen molar-refractivity contribution in [3.05, 3.63) is 36.5 Å². The third-order valence-corrected chi connectivity index (χ3v) is 3.23. The van der Waals surface area contributed by atoms with Gasteiger partial charge in [-0.25, -0.2) is 0 Å². The smallest absolute Gasteiger partial charge is 0.0905 e. The van der Waals surface area contributed by atoms with Gasteiger partial charge >= 0.3 is 0 Å². The van der Waals surface area contributed by atoms with Crippen molar-refractivity contribution in [2.24, 2.45) is 5.92 Å². The van der Waals surface area contributed by atoms with Gasteiger partial charge in [-0.15, -0.1) is 0 Å². The highest BCUT2D eigenvalue weighted by Crippen LogP contribution is 2.31. The van der Waals surface area contributed by atoms with Gasteiger partial charge in [0.15, 0.2) is 0 Å². The zero-order valence-electron chi connectivity index (χ0n) is 9.69. The van der Waals surface area contributed by atoms with E-state index in [1.807, 2.05) is 0 Å². The van der Waals surface area contributed by atoms with Gasteiger partial charge in [-0.2, -0.15) is 30.5 Å². The molecule has 0 N–H and O–H groups in total. The average Bonchev–Trinajstić information content (AvgIpc) is 2.29. The molecule has 1 aliphatic carbocycles. The van der Waals surface area contributed by atoms with E-state index in [-0.39, 0.29) is 4.58 Å². The van der Waals surface area contributed by atoms with E-state index < -0.39 is 0 Å². The number of allylic oxidation sites excluding steroid dienone is 3. The quantitative estimate of drug-likeness (QED) is 0.328. The minimum Gasteiger partial charge on any atom is -0.193 e. The highest BCUT2D eigenvalue weighted by atomic mass is 32.2. The lowest BCUT2D eigenvalue weighted by molar-refractivity contribution is 0.540. The van der Waals surface area contributed by atoms with Crippen LogP contribution >= 0.6 is 25.3 Å². The van der Waals surface area contributed by atoms with Gasteiger partial charge in [0, 0.05) is 6.08 Å². The third kappa shape index (κ3) is 6.09. The third-order valence-electron chi connectivity index (χ3n) is 2.57. The first-order valence-corrected chi connectivity index (χ1v) is 6.27. The van der Waals surface area contributed by atoms with E-state index in [0.29, 0.717) is 5.92 Å². The van der Waals surface area contributed by atoms with Gasteiger partial charge in [-0.05, 0) is 32.1 Å². The van der Waals surface area contributed by atoms with Crippen molar-refractivity contribution in [2.45, 2.75) is 30.8 Å². The number of hydrogen-bond acceptors (Lipinski definition) is 3. The highest BCUT2D eigenvalue weighted by Gasteiger charge is 2.16. The van der Waals surface area contributed by atoms with Crippen LogP contribution in [0, 0.1) is 17.2 Å². The van der Waals surface area contributed by atoms with Crippen molar-refractivity contribution in [1.29, 1.82) is 5.26 Å². The Hall–Kier alpha value is -0.590. The standard InChI is InChI=1S/C10H16S2.C3H3N/c1-7(2)8-3-5-9(6-4-8)10(11)12;1-2-3-4/h5,8,10-12H,1,3-4,6H2,2H3;2H,1H2. The fourth-order valence-electron chi connectivity index (χ4n) is 1.54. The molecular formula is C13H19NS2. The molecule has 0 fully saturated rings. The fourth-order valence-corrected chi connectivity index (χ4v) is 2.01. The maximum Gasteiger partial charge on any atom is 0.0905 e. The summed E-state index contributed by atoms with van der Waals surface area (Å²) in [5, 5.41) is 7.51. The summed E-state index contributed by atoms with van der Waals surface area (Å²) in [4.78, 5) is 0. The first-order chi connectivity index (χ1) is 7.52. The SMILES string of the molecule is C=C(C)C1CC=C(C(S)S)CC1.C=CC#N. The largest absolute Gasteiger partial charge is 0.193 e. The van der Waals surface area contributed by atoms with Crippen LogP contribution in [0.2, 0.25) is 0 Å². The molecule has 1 nitrogen and oxygen atoms in total. The molecule has 0 bridgehead atoms. The van der Waals surface area contributed by atoms with Crippen LogP contribution in [0.15, 0.2) is 36.5 Å². The first kappa shape index (κ1) is 15.4. The zero-order chi connectivity index (χ0) is 12.6. The van der Waals surface area contributed by atoms with Crippen LogP contribution in [0.3, 0.4) is 0 Å². The summed E-state index contributed by atoms with van der Waals surface area (Å²) in [7, 11) is 0. The Morgan fingerprint density at radius 2 is 2.25 bits per heavy atom. The van der Waals surface area contributed by atoms with E-state index in [1.165, 1.54) is 23.6 Å². The van der Waals surface area contributed by atoms with Crippen LogP contribution in [0.4, 0.5) is 0 Å². The van der Waals surface area contributed by atoms with Crippen molar-refractivity contribution in [3.63, 3.8) is 0 Å². The Balaban J connectivity index is 0.000000487. The molecule has 0 aromatic heterocycles. The molecule has 88 valence electrons. The number of thiol groups is 2. The molecule has 0 aromatic carbocycles. The molecule has 1 atom stereocenters. The van der Waals surface area contributed by atoms with Gasteiger partial charge in [-0.3, -0.25) is 0 Å². The minimum atomic E-state index is 0.135. The molecular weight excluding hydrogens is 234 g/mol. The molecule has 16 heavy (non-hydrogen) atoms. The lowest BCUT2D eigenvalue weighted by Gasteiger charge is -2.23. The molecule has 1 aliphatic rings. The molecule has 0 spiro atoms. The van der Waals surface area contributed by atoms with Crippen LogP contribution in [-0.2, 0) is 0 Å². The van der Waals surface area contributed by atoms with Gasteiger partial charge in [0.1, 0.15) is 0 Å². The van der Waals surface area contributed by atoms with Gasteiger partial charge in [0.05, 0.1) is 10.7 Å². The Labute approximate surface area is 110 Å². The second-order valence-corrected chi connectivity index (χ2v) is 5.24. The lowest BCUT2D eigenvalue weighted by atomic mass is 9.86. The van der Waals surface area contributed by atoms with E-state index in [0.717, 1.165) is 12.8 Å². The molecule has 3 heteroatoms. The summed E-state index contributed by atoms with van der Waals surface area (Å²) < 4.78 is 0.135. The fraction of sp³-hybridized carbons (Fsp3) is 0.462. The molecule has 0 saturated heterocycles. The average molecular weight is 253 g/mol. The van der Waals surface area contributed by atoms with E-state index in [9.17, 15) is 0 Å². The number of rotatable bonds is 2. The van der Waals surface area contributed by atoms with Gasteiger partial charge < -0.3 is 0 Å². The number of nitriles is 1. The Morgan fingerprint density at radius 3 is 2.50 bits per heavy atom. The minimum absolute atomic E-state index is 0.135. The van der Waals surface area contributed by atoms with Gasteiger partial charge in [-0.1, -0.05) is 30.4 Å². The van der Waals surface area contributed by atoms with Crippen molar-refractivity contribution < 1.29 is 0 Å². The van der Waals surface area contributed by atoms with Crippen LogP contribution in [-0.4, -0.2) is 4.58 Å². The molecule has 0 radical (unpaired) electrons. The second kappa shape index (κ2) is 8.55. The highest BCUT2D eigenvalue weighted by molar-refractivity contribution is 7.99. The van der Waals surface area contributed by atoms with Gasteiger partial charge in [0.25, 0.3) is 0 Å². The molecule has 1 unspecified atom stereocenters. The van der Waals surface area contributed by atoms with Crippen molar-refractivity contribution in [3.8, 4) is 6.07 Å². The van der Waals surface area contributed by atoms with Crippen molar-refractivity contribution >= 4 is 25.3 Å². The summed E-state index contributed by atoms with van der Waals surface area (Å²) in [5.74, 6) is 0.689. The van der Waals surface area contributed by atoms with E-state index in [1.54, 1.807) is 6.07 Å². The predicted molar refractivity (Wildman–Crippen MR) is 77.8 cm³/mol. The normalized spacial score (nSPS) is 18.9. The lowest BCUT2D eigenvalue weighted by Crippen LogP contribution is -2.09. The van der Waals surface area contributed by atoms with Crippen LogP contribution < -0.4 is 0 Å². The van der Waals surface area contributed by atoms with Crippen LogP contribution in [0.1, 0.15) is 26.2 Å². The van der Waals surface area contributed by atoms with Crippen molar-refractivity contribution in [2.75, 3.05) is 0 Å². The van der Waals surface area contributed by atoms with E-state index in [2.05, 4.69) is 51.4 Å². The maximum atomic E-state index is 7.51. The molecule has 1 rings (SSSR count). The summed E-state index contributed by atoms with van der Waals surface area (Å²) in [6, 6.07) is 1.69. The summed E-state index contributed by atoms with van der Waals surface area (Å²) in [6.07, 6.45) is 6.93. The maximum absolute atomic E-state index is 7.51. The number of nitrogens with zero attached hydrogens (tertiary/aromatic N) is 1. The topological polar surface area (TPSA) is 23.8 Å². The van der Waals surface area contributed by atoms with Crippen molar-refractivity contribution in [1.82, 2.24) is 0 Å². The molecule has 0 aromatic rings. The molecule has 0 aliphatic heterocycles. The summed E-state index contributed by atoms with van der Waals surface area (Å²) >= 11 is 8.59. The van der Waals surface area contributed by atoms with E-state index in [4.69, 9.17) is 5.26 Å². The molecule has 0 amide bonds. The van der Waals surface area contributed by atoms with E-state index >= 15 is 0 Å². The molecule has 0 saturated carbocycles. The summed E-state index contributed by atoms with van der Waals surface area (Å²) in [5.41, 5.74) is 2.68.